The monoisotopic (exact) mass is 324 g/mol. The van der Waals surface area contributed by atoms with Crippen molar-refractivity contribution in [1.29, 1.82) is 0 Å². The van der Waals surface area contributed by atoms with Crippen LogP contribution in [-0.2, 0) is 10.3 Å². The summed E-state index contributed by atoms with van der Waals surface area (Å²) >= 11 is 0. The number of aromatic nitrogens is 1. The fourth-order valence-corrected chi connectivity index (χ4v) is 2.69. The van der Waals surface area contributed by atoms with Gasteiger partial charge in [-0.2, -0.15) is 4.73 Å². The molecule has 0 aromatic carbocycles. The maximum Gasteiger partial charge on any atom is 0.410 e. The highest BCUT2D eigenvalue weighted by molar-refractivity contribution is 5.68. The molecule has 7 heteroatoms. The van der Waals surface area contributed by atoms with E-state index in [2.05, 4.69) is 0 Å². The molecule has 128 valence electrons. The average Bonchev–Trinajstić information content (AvgIpc) is 2.45. The number of aliphatic hydroxyl groups is 1. The average molecular weight is 324 g/mol. The van der Waals surface area contributed by atoms with Crippen LogP contribution in [0.25, 0.3) is 0 Å². The lowest BCUT2D eigenvalue weighted by atomic mass is 9.87. The Kier molecular flexibility index (Phi) is 4.70. The number of hydrogen-bond donors (Lipinski definition) is 1. The molecule has 1 amide bonds. The van der Waals surface area contributed by atoms with E-state index >= 15 is 0 Å². The van der Waals surface area contributed by atoms with E-state index in [0.717, 1.165) is 0 Å². The number of pyridine rings is 1. The van der Waals surface area contributed by atoms with Gasteiger partial charge in [0.25, 0.3) is 5.69 Å². The van der Waals surface area contributed by atoms with Crippen LogP contribution in [0.3, 0.4) is 0 Å². The predicted molar refractivity (Wildman–Crippen MR) is 82.9 cm³/mol. The van der Waals surface area contributed by atoms with Crippen LogP contribution in [0.15, 0.2) is 18.3 Å². The fraction of sp³-hybridized carbons (Fsp3) is 0.625. The van der Waals surface area contributed by atoms with Crippen molar-refractivity contribution in [3.05, 3.63) is 29.2 Å². The molecule has 0 aliphatic carbocycles. The summed E-state index contributed by atoms with van der Waals surface area (Å²) in [6.07, 6.45) is 1.41. The molecule has 0 spiro atoms. The molecule has 1 aliphatic rings. The molecule has 1 aliphatic heterocycles. The number of ether oxygens (including phenoxy) is 2. The Morgan fingerprint density at radius 2 is 2.00 bits per heavy atom. The first kappa shape index (κ1) is 17.3. The Balaban J connectivity index is 2.13. The Bertz CT molecular complexity index is 574. The number of carbonyl (C=O) groups excluding carboxylic acids is 1. The number of carbonyl (C=O) groups is 1. The Hall–Kier alpha value is -2.02. The van der Waals surface area contributed by atoms with Crippen LogP contribution in [0.1, 0.15) is 39.3 Å². The quantitative estimate of drug-likeness (QED) is 0.659. The van der Waals surface area contributed by atoms with Crippen LogP contribution in [0, 0.1) is 5.21 Å². The zero-order chi connectivity index (χ0) is 17.3. The van der Waals surface area contributed by atoms with Gasteiger partial charge in [-0.15, -0.1) is 0 Å². The molecular weight excluding hydrogens is 300 g/mol. The summed E-state index contributed by atoms with van der Waals surface area (Å²) in [6, 6.07) is 3.20. The minimum atomic E-state index is -1.33. The third-order valence-corrected chi connectivity index (χ3v) is 3.83. The van der Waals surface area contributed by atoms with E-state index in [1.807, 2.05) is 0 Å². The number of hydrogen-bond acceptors (Lipinski definition) is 5. The summed E-state index contributed by atoms with van der Waals surface area (Å²) in [7, 11) is 1.46. The number of nitrogens with zero attached hydrogens (tertiary/aromatic N) is 2. The van der Waals surface area contributed by atoms with Gasteiger partial charge in [-0.1, -0.05) is 0 Å². The molecule has 1 saturated heterocycles. The maximum absolute atomic E-state index is 12.1. The summed E-state index contributed by atoms with van der Waals surface area (Å²) in [4.78, 5) is 13.6. The molecule has 2 rings (SSSR count). The van der Waals surface area contributed by atoms with Crippen molar-refractivity contribution < 1.29 is 24.1 Å². The summed E-state index contributed by atoms with van der Waals surface area (Å²) in [5.41, 5.74) is -1.70. The van der Waals surface area contributed by atoms with Crippen LogP contribution in [0.2, 0.25) is 0 Å². The second-order valence-electron chi connectivity index (χ2n) is 6.75. The molecular formula is C16H24N2O5. The van der Waals surface area contributed by atoms with Gasteiger partial charge in [0.15, 0.2) is 17.5 Å². The summed E-state index contributed by atoms with van der Waals surface area (Å²) in [5, 5.41) is 23.0. The van der Waals surface area contributed by atoms with E-state index in [0.29, 0.717) is 23.6 Å². The second-order valence-corrected chi connectivity index (χ2v) is 6.75. The lowest BCUT2D eigenvalue weighted by Gasteiger charge is -2.37. The van der Waals surface area contributed by atoms with Gasteiger partial charge in [0.1, 0.15) is 5.60 Å². The number of methoxy groups -OCH3 is 1. The number of amides is 1. The largest absolute Gasteiger partial charge is 0.618 e. The fourth-order valence-electron chi connectivity index (χ4n) is 2.69. The normalized spacial score (nSPS) is 17.7. The molecule has 1 aromatic heterocycles. The topological polar surface area (TPSA) is 85.9 Å². The van der Waals surface area contributed by atoms with Gasteiger partial charge in [-0.3, -0.25) is 0 Å². The highest BCUT2D eigenvalue weighted by atomic mass is 16.6. The Morgan fingerprint density at radius 1 is 1.39 bits per heavy atom. The SMILES string of the molecule is COc1ccc[n+]([O-])c1C1(O)CCN(C(=O)OC(C)(C)C)CC1. The first-order chi connectivity index (χ1) is 10.7. The highest BCUT2D eigenvalue weighted by Gasteiger charge is 2.44. The minimum Gasteiger partial charge on any atom is -0.618 e. The first-order valence-corrected chi connectivity index (χ1v) is 7.63. The summed E-state index contributed by atoms with van der Waals surface area (Å²) in [6.45, 7) is 6.04. The smallest absolute Gasteiger partial charge is 0.410 e. The van der Waals surface area contributed by atoms with Crippen LogP contribution in [-0.4, -0.2) is 41.9 Å². The lowest BCUT2D eigenvalue weighted by Crippen LogP contribution is -2.51. The van der Waals surface area contributed by atoms with E-state index < -0.39 is 17.3 Å². The third kappa shape index (κ3) is 3.85. The predicted octanol–water partition coefficient (Wildman–Crippen LogP) is 1.55. The first-order valence-electron chi connectivity index (χ1n) is 7.63. The van der Waals surface area contributed by atoms with Gasteiger partial charge >= 0.3 is 6.09 Å². The molecule has 23 heavy (non-hydrogen) atoms. The molecule has 7 nitrogen and oxygen atoms in total. The molecule has 0 bridgehead atoms. The maximum atomic E-state index is 12.1. The number of rotatable bonds is 2. The van der Waals surface area contributed by atoms with Crippen molar-refractivity contribution in [1.82, 2.24) is 4.90 Å². The van der Waals surface area contributed by atoms with Gasteiger partial charge in [0, 0.05) is 32.0 Å². The Labute approximate surface area is 136 Å². The number of likely N-dealkylation sites (tertiary alicyclic amines) is 1. The van der Waals surface area contributed by atoms with E-state index in [9.17, 15) is 15.1 Å². The standard InChI is InChI=1S/C16H24N2O5/c1-15(2,3)23-14(19)17-10-7-16(20,8-11-17)13-12(22-4)6-5-9-18(13)21/h5-6,9,20H,7-8,10-11H2,1-4H3. The second kappa shape index (κ2) is 6.23. The molecule has 1 fully saturated rings. The molecule has 1 aromatic rings. The minimum absolute atomic E-state index is 0.186. The van der Waals surface area contributed by atoms with Gasteiger partial charge < -0.3 is 24.7 Å². The Morgan fingerprint density at radius 3 is 2.52 bits per heavy atom. The molecule has 0 radical (unpaired) electrons. The van der Waals surface area contributed by atoms with Crippen LogP contribution >= 0.6 is 0 Å². The van der Waals surface area contributed by atoms with E-state index in [-0.39, 0.29) is 18.5 Å². The van der Waals surface area contributed by atoms with Crippen molar-refractivity contribution in [2.45, 2.75) is 44.8 Å². The van der Waals surface area contributed by atoms with Crippen molar-refractivity contribution >= 4 is 6.09 Å². The molecule has 0 saturated carbocycles. The zero-order valence-corrected chi connectivity index (χ0v) is 14.0. The van der Waals surface area contributed by atoms with Crippen molar-refractivity contribution in [2.75, 3.05) is 20.2 Å². The molecule has 1 N–H and O–H groups in total. The lowest BCUT2D eigenvalue weighted by molar-refractivity contribution is -0.623. The summed E-state index contributed by atoms with van der Waals surface area (Å²) < 4.78 is 11.2. The van der Waals surface area contributed by atoms with Gasteiger partial charge in [0.2, 0.25) is 0 Å². The van der Waals surface area contributed by atoms with Crippen molar-refractivity contribution in [2.24, 2.45) is 0 Å². The molecule has 0 atom stereocenters. The third-order valence-electron chi connectivity index (χ3n) is 3.83. The van der Waals surface area contributed by atoms with E-state index in [1.54, 1.807) is 37.8 Å². The van der Waals surface area contributed by atoms with E-state index in [1.165, 1.54) is 13.3 Å². The van der Waals surface area contributed by atoms with Gasteiger partial charge in [0.05, 0.1) is 7.11 Å². The van der Waals surface area contributed by atoms with Crippen LogP contribution in [0.5, 0.6) is 5.75 Å². The molecule has 0 unspecified atom stereocenters. The van der Waals surface area contributed by atoms with Gasteiger partial charge in [-0.25, -0.2) is 4.79 Å². The van der Waals surface area contributed by atoms with Crippen molar-refractivity contribution in [3.8, 4) is 5.75 Å². The van der Waals surface area contributed by atoms with Crippen LogP contribution in [0.4, 0.5) is 4.79 Å². The molecule has 2 heterocycles. The number of piperidine rings is 1. The van der Waals surface area contributed by atoms with E-state index in [4.69, 9.17) is 9.47 Å². The van der Waals surface area contributed by atoms with Gasteiger partial charge in [-0.05, 0) is 26.8 Å². The van der Waals surface area contributed by atoms with Crippen molar-refractivity contribution in [3.63, 3.8) is 0 Å². The highest BCUT2D eigenvalue weighted by Crippen LogP contribution is 2.36. The van der Waals surface area contributed by atoms with Crippen LogP contribution < -0.4 is 9.47 Å². The zero-order valence-electron chi connectivity index (χ0n) is 14.0. The summed E-state index contributed by atoms with van der Waals surface area (Å²) in [5.74, 6) is 0.343.